The fourth-order valence-corrected chi connectivity index (χ4v) is 0.129. The first-order valence-electron chi connectivity index (χ1n) is 1.56. The lowest BCUT2D eigenvalue weighted by Gasteiger charge is -1.80. The van der Waals surface area contributed by atoms with Gasteiger partial charge in [-0.15, -0.1) is 0 Å². The second kappa shape index (κ2) is 6.86. The third kappa shape index (κ3) is 19.8. The third-order valence-corrected chi connectivity index (χ3v) is 0.302. The van der Waals surface area contributed by atoms with Crippen LogP contribution in [0.1, 0.15) is 6.42 Å². The summed E-state index contributed by atoms with van der Waals surface area (Å²) in [7, 11) is 0. The van der Waals surface area contributed by atoms with E-state index < -0.39 is 18.4 Å². The van der Waals surface area contributed by atoms with Crippen molar-refractivity contribution in [3.8, 4) is 0 Å². The molecule has 0 aliphatic heterocycles. The first kappa shape index (κ1) is 15.7. The van der Waals surface area contributed by atoms with Gasteiger partial charge in [0.1, 0.15) is 6.42 Å². The Morgan fingerprint density at radius 2 is 1.22 bits per heavy atom. The lowest BCUT2D eigenvalue weighted by Crippen LogP contribution is -2.03. The Morgan fingerprint density at radius 3 is 1.22 bits per heavy atom. The Bertz CT molecular complexity index is 90.0. The Labute approximate surface area is 51.7 Å². The molecule has 8 N–H and O–H groups in total. The second-order valence-corrected chi connectivity index (χ2v) is 0.964. The van der Waals surface area contributed by atoms with E-state index in [4.69, 9.17) is 10.2 Å². The molecule has 56 valence electrons. The number of hydrogen-bond acceptors (Lipinski definition) is 4. The van der Waals surface area contributed by atoms with E-state index in [-0.39, 0.29) is 12.3 Å². The SMILES string of the molecule is N.N.O=C(O)CC(=O)O. The largest absolute Gasteiger partial charge is 0.481 e. The number of aliphatic carboxylic acids is 2. The van der Waals surface area contributed by atoms with Crippen LogP contribution in [0.15, 0.2) is 0 Å². The summed E-state index contributed by atoms with van der Waals surface area (Å²) in [6.07, 6.45) is -0.806. The quantitative estimate of drug-likeness (QED) is 0.391. The van der Waals surface area contributed by atoms with Crippen LogP contribution in [-0.2, 0) is 9.59 Å². The molecule has 0 atom stereocenters. The first-order valence-corrected chi connectivity index (χ1v) is 1.56. The number of carboxylic acid groups (broad SMARTS) is 2. The highest BCUT2D eigenvalue weighted by molar-refractivity contribution is 5.88. The molecule has 0 unspecified atom stereocenters. The van der Waals surface area contributed by atoms with Gasteiger partial charge in [-0.2, -0.15) is 0 Å². The van der Waals surface area contributed by atoms with Gasteiger partial charge in [-0.05, 0) is 0 Å². The van der Waals surface area contributed by atoms with Crippen LogP contribution < -0.4 is 12.3 Å². The Kier molecular flexibility index (Phi) is 11.9. The molecule has 0 spiro atoms. The van der Waals surface area contributed by atoms with Gasteiger partial charge in [0.25, 0.3) is 0 Å². The molecule has 0 heterocycles. The first-order chi connectivity index (χ1) is 3.13. The van der Waals surface area contributed by atoms with E-state index in [1.54, 1.807) is 0 Å². The zero-order chi connectivity index (χ0) is 5.86. The number of hydrogen-bond donors (Lipinski definition) is 4. The average molecular weight is 138 g/mol. The summed E-state index contributed by atoms with van der Waals surface area (Å²) in [6, 6.07) is 0. The van der Waals surface area contributed by atoms with Crippen LogP contribution in [0, 0.1) is 0 Å². The van der Waals surface area contributed by atoms with Crippen LogP contribution in [0.5, 0.6) is 0 Å². The van der Waals surface area contributed by atoms with E-state index >= 15 is 0 Å². The zero-order valence-corrected chi connectivity index (χ0v) is 4.83. The van der Waals surface area contributed by atoms with Gasteiger partial charge in [0.05, 0.1) is 0 Å². The molecule has 0 radical (unpaired) electrons. The van der Waals surface area contributed by atoms with E-state index in [2.05, 4.69) is 0 Å². The lowest BCUT2D eigenvalue weighted by molar-refractivity contribution is -0.147. The number of carboxylic acids is 2. The van der Waals surface area contributed by atoms with Crippen molar-refractivity contribution in [1.82, 2.24) is 12.3 Å². The van der Waals surface area contributed by atoms with Crippen LogP contribution in [0.3, 0.4) is 0 Å². The summed E-state index contributed by atoms with van der Waals surface area (Å²) >= 11 is 0. The van der Waals surface area contributed by atoms with Crippen molar-refractivity contribution in [2.24, 2.45) is 0 Å². The highest BCUT2D eigenvalue weighted by atomic mass is 16.4. The van der Waals surface area contributed by atoms with Crippen molar-refractivity contribution < 1.29 is 19.8 Å². The molecule has 0 aliphatic rings. The molecule has 0 aromatic carbocycles. The summed E-state index contributed by atoms with van der Waals surface area (Å²) in [5.74, 6) is -2.62. The van der Waals surface area contributed by atoms with E-state index in [0.29, 0.717) is 0 Å². The maximum absolute atomic E-state index is 9.43. The molecule has 9 heavy (non-hydrogen) atoms. The molecule has 0 saturated carbocycles. The molecule has 0 amide bonds. The molecule has 0 rings (SSSR count). The smallest absolute Gasteiger partial charge is 0.314 e. The van der Waals surface area contributed by atoms with Gasteiger partial charge >= 0.3 is 11.9 Å². The normalized spacial score (nSPS) is 6.22. The minimum absolute atomic E-state index is 0. The van der Waals surface area contributed by atoms with Gasteiger partial charge in [-0.3, -0.25) is 9.59 Å². The third-order valence-electron chi connectivity index (χ3n) is 0.302. The van der Waals surface area contributed by atoms with Gasteiger partial charge in [0, 0.05) is 0 Å². The average Bonchev–Trinajstić information content (AvgIpc) is 1.27. The molecular formula is C3H10N2O4. The predicted octanol–water partition coefficient (Wildman–Crippen LogP) is -0.130. The molecule has 0 aromatic heterocycles. The fraction of sp³-hybridized carbons (Fsp3) is 0.333. The molecule has 0 fully saturated rings. The Hall–Kier alpha value is -1.14. The maximum atomic E-state index is 9.43. The molecule has 0 aromatic rings. The fourth-order valence-electron chi connectivity index (χ4n) is 0.129. The van der Waals surface area contributed by atoms with Gasteiger partial charge < -0.3 is 22.5 Å². The monoisotopic (exact) mass is 138 g/mol. The Balaban J connectivity index is -0.000000180. The van der Waals surface area contributed by atoms with Crippen molar-refractivity contribution >= 4 is 11.9 Å². The summed E-state index contributed by atoms with van der Waals surface area (Å²) < 4.78 is 0. The molecule has 6 nitrogen and oxygen atoms in total. The van der Waals surface area contributed by atoms with Crippen LogP contribution in [0.4, 0.5) is 0 Å². The highest BCUT2D eigenvalue weighted by Gasteiger charge is 2.01. The van der Waals surface area contributed by atoms with Crippen LogP contribution in [0.25, 0.3) is 0 Å². The molecular weight excluding hydrogens is 128 g/mol. The van der Waals surface area contributed by atoms with Crippen molar-refractivity contribution in [1.29, 1.82) is 0 Å². The van der Waals surface area contributed by atoms with Crippen LogP contribution in [-0.4, -0.2) is 22.2 Å². The van der Waals surface area contributed by atoms with Crippen molar-refractivity contribution in [2.75, 3.05) is 0 Å². The van der Waals surface area contributed by atoms with Gasteiger partial charge in [0.2, 0.25) is 0 Å². The Morgan fingerprint density at radius 1 is 1.00 bits per heavy atom. The summed E-state index contributed by atoms with van der Waals surface area (Å²) in [4.78, 5) is 18.9. The van der Waals surface area contributed by atoms with Crippen LogP contribution in [0.2, 0.25) is 0 Å². The van der Waals surface area contributed by atoms with Crippen molar-refractivity contribution in [3.05, 3.63) is 0 Å². The molecule has 0 aliphatic carbocycles. The number of rotatable bonds is 2. The van der Waals surface area contributed by atoms with Crippen molar-refractivity contribution in [2.45, 2.75) is 6.42 Å². The van der Waals surface area contributed by atoms with Gasteiger partial charge in [0.15, 0.2) is 0 Å². The van der Waals surface area contributed by atoms with E-state index in [0.717, 1.165) is 0 Å². The lowest BCUT2D eigenvalue weighted by atomic mass is 10.5. The van der Waals surface area contributed by atoms with E-state index in [1.807, 2.05) is 0 Å². The van der Waals surface area contributed by atoms with E-state index in [9.17, 15) is 9.59 Å². The highest BCUT2D eigenvalue weighted by Crippen LogP contribution is 1.74. The predicted molar refractivity (Wildman–Crippen MR) is 29.9 cm³/mol. The minimum Gasteiger partial charge on any atom is -0.481 e. The maximum Gasteiger partial charge on any atom is 0.314 e. The van der Waals surface area contributed by atoms with Gasteiger partial charge in [-0.25, -0.2) is 0 Å². The van der Waals surface area contributed by atoms with Crippen molar-refractivity contribution in [3.63, 3.8) is 0 Å². The zero-order valence-electron chi connectivity index (χ0n) is 4.83. The van der Waals surface area contributed by atoms with E-state index in [1.165, 1.54) is 0 Å². The topological polar surface area (TPSA) is 145 Å². The minimum atomic E-state index is -1.31. The standard InChI is InChI=1S/C3H4O4.2H3N/c4-2(5)1-3(6)7;;/h1H2,(H,4,5)(H,6,7);2*1H3. The van der Waals surface area contributed by atoms with Crippen LogP contribution >= 0.6 is 0 Å². The summed E-state index contributed by atoms with van der Waals surface area (Å²) in [5, 5.41) is 15.4. The molecule has 0 bridgehead atoms. The molecule has 0 saturated heterocycles. The van der Waals surface area contributed by atoms with Gasteiger partial charge in [-0.1, -0.05) is 0 Å². The summed E-state index contributed by atoms with van der Waals surface area (Å²) in [6.45, 7) is 0. The summed E-state index contributed by atoms with van der Waals surface area (Å²) in [5.41, 5.74) is 0. The second-order valence-electron chi connectivity index (χ2n) is 0.964. The number of carbonyl (C=O) groups is 2. The molecule has 6 heteroatoms.